The van der Waals surface area contributed by atoms with E-state index in [1.54, 1.807) is 7.11 Å². The summed E-state index contributed by atoms with van der Waals surface area (Å²) < 4.78 is 10.3. The molecule has 0 aliphatic rings. The van der Waals surface area contributed by atoms with Gasteiger partial charge in [-0.1, -0.05) is 36.4 Å². The second kappa shape index (κ2) is 7.64. The first-order valence-electron chi connectivity index (χ1n) is 9.19. The van der Waals surface area contributed by atoms with Gasteiger partial charge in [0, 0.05) is 29.2 Å². The van der Waals surface area contributed by atoms with Crippen LogP contribution in [0.2, 0.25) is 0 Å². The zero-order valence-electron chi connectivity index (χ0n) is 15.9. The topological polar surface area (TPSA) is 63.3 Å². The molecule has 4 rings (SSSR count). The highest BCUT2D eigenvalue weighted by Gasteiger charge is 2.13. The molecule has 1 aromatic heterocycles. The number of nitrogens with one attached hydrogen (secondary N) is 2. The minimum Gasteiger partial charge on any atom is -0.496 e. The summed E-state index contributed by atoms with van der Waals surface area (Å²) in [5.74, 6) is 0.850. The van der Waals surface area contributed by atoms with Gasteiger partial charge in [-0.2, -0.15) is 0 Å². The van der Waals surface area contributed by atoms with Crippen LogP contribution in [0.3, 0.4) is 0 Å². The fourth-order valence-electron chi connectivity index (χ4n) is 3.63. The number of H-pyrrole nitrogens is 1. The van der Waals surface area contributed by atoms with Gasteiger partial charge < -0.3 is 19.8 Å². The van der Waals surface area contributed by atoms with E-state index in [4.69, 9.17) is 4.74 Å². The van der Waals surface area contributed by atoms with Crippen LogP contribution in [-0.4, -0.2) is 31.8 Å². The van der Waals surface area contributed by atoms with Crippen LogP contribution < -0.4 is 10.1 Å². The Hall–Kier alpha value is -3.47. The predicted octanol–water partition coefficient (Wildman–Crippen LogP) is 4.90. The number of methoxy groups -OCH3 is 2. The average molecular weight is 374 g/mol. The minimum atomic E-state index is -0.416. The number of carbonyl (C=O) groups is 1. The van der Waals surface area contributed by atoms with Gasteiger partial charge in [0.25, 0.3) is 0 Å². The Morgan fingerprint density at radius 1 is 1.04 bits per heavy atom. The standard InChI is InChI=1S/C23H22N2O3/c1-27-21-10-8-15-5-3-4-6-18(15)22(21)16-7-9-20-19(13-16)17(14-25-20)11-12-24-23(26)28-2/h3-10,13-14,25H,11-12H2,1-2H3,(H,24,26). The van der Waals surface area contributed by atoms with Gasteiger partial charge in [0.05, 0.1) is 14.2 Å². The van der Waals surface area contributed by atoms with Gasteiger partial charge in [-0.05, 0) is 46.5 Å². The van der Waals surface area contributed by atoms with Gasteiger partial charge in [0.15, 0.2) is 0 Å². The molecule has 0 aliphatic heterocycles. The maximum Gasteiger partial charge on any atom is 0.406 e. The molecule has 0 bridgehead atoms. The number of fused-ring (bicyclic) bond motifs is 2. The Kier molecular flexibility index (Phi) is 4.89. The SMILES string of the molecule is COC(=O)NCCc1c[nH]c2ccc(-c3c(OC)ccc4ccccc34)cc12. The summed E-state index contributed by atoms with van der Waals surface area (Å²) in [7, 11) is 3.07. The monoisotopic (exact) mass is 374 g/mol. The molecule has 0 aliphatic carbocycles. The molecule has 0 radical (unpaired) electrons. The summed E-state index contributed by atoms with van der Waals surface area (Å²) in [6.45, 7) is 0.515. The number of aromatic amines is 1. The van der Waals surface area contributed by atoms with Crippen molar-refractivity contribution in [1.82, 2.24) is 10.3 Å². The highest BCUT2D eigenvalue weighted by Crippen LogP contribution is 2.38. The van der Waals surface area contributed by atoms with E-state index >= 15 is 0 Å². The van der Waals surface area contributed by atoms with Gasteiger partial charge in [-0.3, -0.25) is 0 Å². The lowest BCUT2D eigenvalue weighted by Gasteiger charge is -2.13. The number of aromatic nitrogens is 1. The molecule has 0 saturated carbocycles. The number of carbonyl (C=O) groups excluding carboxylic acids is 1. The van der Waals surface area contributed by atoms with Crippen LogP contribution in [0.4, 0.5) is 4.79 Å². The van der Waals surface area contributed by atoms with Crippen LogP contribution in [-0.2, 0) is 11.2 Å². The molecule has 4 aromatic rings. The number of hydrogen-bond donors (Lipinski definition) is 2. The molecule has 0 saturated heterocycles. The van der Waals surface area contributed by atoms with Crippen molar-refractivity contribution in [3.8, 4) is 16.9 Å². The summed E-state index contributed by atoms with van der Waals surface area (Å²) in [4.78, 5) is 14.6. The lowest BCUT2D eigenvalue weighted by Crippen LogP contribution is -2.25. The van der Waals surface area contributed by atoms with Gasteiger partial charge >= 0.3 is 6.09 Å². The highest BCUT2D eigenvalue weighted by molar-refractivity contribution is 6.01. The molecule has 0 unspecified atom stereocenters. The van der Waals surface area contributed by atoms with Gasteiger partial charge in [-0.25, -0.2) is 4.79 Å². The summed E-state index contributed by atoms with van der Waals surface area (Å²) in [5, 5.41) is 6.20. The van der Waals surface area contributed by atoms with E-state index in [9.17, 15) is 4.79 Å². The van der Waals surface area contributed by atoms with E-state index in [1.165, 1.54) is 12.5 Å². The van der Waals surface area contributed by atoms with Crippen molar-refractivity contribution >= 4 is 27.8 Å². The molecule has 2 N–H and O–H groups in total. The fraction of sp³-hybridized carbons (Fsp3) is 0.174. The summed E-state index contributed by atoms with van der Waals surface area (Å²) in [6, 6.07) is 18.8. The molecule has 0 spiro atoms. The zero-order chi connectivity index (χ0) is 19.5. The molecule has 28 heavy (non-hydrogen) atoms. The summed E-state index contributed by atoms with van der Waals surface area (Å²) >= 11 is 0. The summed E-state index contributed by atoms with van der Waals surface area (Å²) in [6.07, 6.45) is 2.29. The first-order valence-corrected chi connectivity index (χ1v) is 9.19. The summed E-state index contributed by atoms with van der Waals surface area (Å²) in [5.41, 5.74) is 4.40. The van der Waals surface area contributed by atoms with Crippen molar-refractivity contribution in [1.29, 1.82) is 0 Å². The van der Waals surface area contributed by atoms with Crippen molar-refractivity contribution in [3.63, 3.8) is 0 Å². The third kappa shape index (κ3) is 3.27. The number of rotatable bonds is 5. The number of amides is 1. The average Bonchev–Trinajstić information content (AvgIpc) is 3.14. The second-order valence-corrected chi connectivity index (χ2v) is 6.61. The fourth-order valence-corrected chi connectivity index (χ4v) is 3.63. The molecule has 3 aromatic carbocycles. The van der Waals surface area contributed by atoms with Crippen LogP contribution in [0, 0.1) is 0 Å². The third-order valence-electron chi connectivity index (χ3n) is 5.02. The molecule has 0 fully saturated rings. The van der Waals surface area contributed by atoms with Crippen LogP contribution in [0.1, 0.15) is 5.56 Å². The Bertz CT molecular complexity index is 1150. The van der Waals surface area contributed by atoms with Gasteiger partial charge in [0.2, 0.25) is 0 Å². The smallest absolute Gasteiger partial charge is 0.406 e. The van der Waals surface area contributed by atoms with E-state index in [-0.39, 0.29) is 0 Å². The Morgan fingerprint density at radius 3 is 2.71 bits per heavy atom. The van der Waals surface area contributed by atoms with Crippen molar-refractivity contribution in [2.24, 2.45) is 0 Å². The molecule has 142 valence electrons. The number of hydrogen-bond acceptors (Lipinski definition) is 3. The maximum absolute atomic E-state index is 11.3. The van der Waals surface area contributed by atoms with E-state index in [0.29, 0.717) is 13.0 Å². The molecule has 0 atom stereocenters. The van der Waals surface area contributed by atoms with Gasteiger partial charge in [-0.15, -0.1) is 0 Å². The third-order valence-corrected chi connectivity index (χ3v) is 5.02. The lowest BCUT2D eigenvalue weighted by molar-refractivity contribution is 0.171. The quantitative estimate of drug-likeness (QED) is 0.522. The first-order chi connectivity index (χ1) is 13.7. The van der Waals surface area contributed by atoms with E-state index < -0.39 is 6.09 Å². The number of ether oxygens (including phenoxy) is 2. The van der Waals surface area contributed by atoms with Crippen molar-refractivity contribution in [2.75, 3.05) is 20.8 Å². The van der Waals surface area contributed by atoms with Crippen LogP contribution in [0.5, 0.6) is 5.75 Å². The van der Waals surface area contributed by atoms with Crippen LogP contribution in [0.15, 0.2) is 60.8 Å². The molecule has 1 heterocycles. The normalized spacial score (nSPS) is 10.9. The molecule has 1 amide bonds. The Morgan fingerprint density at radius 2 is 1.89 bits per heavy atom. The second-order valence-electron chi connectivity index (χ2n) is 6.61. The molecule has 5 nitrogen and oxygen atoms in total. The van der Waals surface area contributed by atoms with Crippen LogP contribution in [0.25, 0.3) is 32.8 Å². The maximum atomic E-state index is 11.3. The predicted molar refractivity (Wildman–Crippen MR) is 112 cm³/mol. The van der Waals surface area contributed by atoms with E-state index in [2.05, 4.69) is 51.4 Å². The number of benzene rings is 3. The first kappa shape index (κ1) is 17.9. The van der Waals surface area contributed by atoms with Crippen molar-refractivity contribution in [2.45, 2.75) is 6.42 Å². The number of alkyl carbamates (subject to hydrolysis) is 1. The molecular formula is C23H22N2O3. The van der Waals surface area contributed by atoms with Crippen molar-refractivity contribution < 1.29 is 14.3 Å². The highest BCUT2D eigenvalue weighted by atomic mass is 16.5. The minimum absolute atomic E-state index is 0.416. The Labute approximate surface area is 163 Å². The van der Waals surface area contributed by atoms with Crippen LogP contribution >= 0.6 is 0 Å². The van der Waals surface area contributed by atoms with E-state index in [1.807, 2.05) is 24.4 Å². The lowest BCUT2D eigenvalue weighted by atomic mass is 9.95. The largest absolute Gasteiger partial charge is 0.496 e. The van der Waals surface area contributed by atoms with Crippen molar-refractivity contribution in [3.05, 3.63) is 66.4 Å². The van der Waals surface area contributed by atoms with Gasteiger partial charge in [0.1, 0.15) is 5.75 Å². The molecular weight excluding hydrogens is 352 g/mol. The molecule has 5 heteroatoms. The van der Waals surface area contributed by atoms with E-state index in [0.717, 1.165) is 38.7 Å². The zero-order valence-corrected chi connectivity index (χ0v) is 15.9. The Balaban J connectivity index is 1.77.